The van der Waals surface area contributed by atoms with Gasteiger partial charge in [-0.1, -0.05) is 39.0 Å². The number of fused-ring (bicyclic) bond motifs is 2. The highest BCUT2D eigenvalue weighted by Gasteiger charge is 2.55. The minimum atomic E-state index is 0.487. The number of aryl methyl sites for hydroxylation is 1. The van der Waals surface area contributed by atoms with Crippen molar-refractivity contribution in [2.45, 2.75) is 46.5 Å². The van der Waals surface area contributed by atoms with E-state index in [1.54, 1.807) is 0 Å². The molecule has 3 rings (SSSR count). The van der Waals surface area contributed by atoms with Gasteiger partial charge in [0.2, 0.25) is 0 Å². The largest absolute Gasteiger partial charge is 0.507 e. The number of hydrogen-bond donors (Lipinski definition) is 1. The molecule has 2 saturated carbocycles. The number of phenolic OH excluding ortho intramolecular Hbond substituents is 1. The third kappa shape index (κ3) is 1.46. The second kappa shape index (κ2) is 3.76. The molecule has 2 aliphatic carbocycles. The Morgan fingerprint density at radius 3 is 2.56 bits per heavy atom. The van der Waals surface area contributed by atoms with Crippen LogP contribution in [0.25, 0.3) is 0 Å². The molecule has 1 aromatic carbocycles. The van der Waals surface area contributed by atoms with Crippen molar-refractivity contribution in [3.63, 3.8) is 0 Å². The van der Waals surface area contributed by atoms with E-state index in [4.69, 9.17) is 0 Å². The average Bonchev–Trinajstić information content (AvgIpc) is 2.83. The van der Waals surface area contributed by atoms with E-state index >= 15 is 0 Å². The minimum Gasteiger partial charge on any atom is -0.507 e. The molecule has 0 amide bonds. The number of rotatable bonds is 1. The Kier molecular flexibility index (Phi) is 2.52. The Morgan fingerprint density at radius 1 is 1.22 bits per heavy atom. The molecule has 98 valence electrons. The molecule has 1 nitrogen and oxygen atoms in total. The van der Waals surface area contributed by atoms with Crippen molar-refractivity contribution in [3.8, 4) is 5.75 Å². The molecule has 1 N–H and O–H groups in total. The molecule has 0 aromatic heterocycles. The van der Waals surface area contributed by atoms with E-state index in [9.17, 15) is 5.11 Å². The fraction of sp³-hybridized carbons (Fsp3) is 0.647. The monoisotopic (exact) mass is 244 g/mol. The zero-order chi connectivity index (χ0) is 13.1. The van der Waals surface area contributed by atoms with Gasteiger partial charge in [-0.2, -0.15) is 0 Å². The zero-order valence-corrected chi connectivity index (χ0v) is 11.9. The van der Waals surface area contributed by atoms with Gasteiger partial charge in [-0.15, -0.1) is 0 Å². The normalized spacial score (nSPS) is 37.1. The molecule has 2 aliphatic rings. The standard InChI is InChI=1S/C17H24O/c1-10-6-5-7-13(16(10)18)15-9-12-8-14(15)11(2)17(12,3)4/h5-7,11-12,14-15,18H,8-9H2,1-4H3/t11-,12-,14+,15-/m1/s1. The summed E-state index contributed by atoms with van der Waals surface area (Å²) in [6, 6.07) is 6.22. The molecule has 2 fully saturated rings. The Bertz CT molecular complexity index is 470. The summed E-state index contributed by atoms with van der Waals surface area (Å²) >= 11 is 0. The predicted molar refractivity (Wildman–Crippen MR) is 74.7 cm³/mol. The Balaban J connectivity index is 1.96. The van der Waals surface area contributed by atoms with Crippen LogP contribution in [0.5, 0.6) is 5.75 Å². The summed E-state index contributed by atoms with van der Waals surface area (Å²) in [6.07, 6.45) is 2.62. The summed E-state index contributed by atoms with van der Waals surface area (Å²) in [5.74, 6) is 3.49. The van der Waals surface area contributed by atoms with Crippen molar-refractivity contribution in [2.75, 3.05) is 0 Å². The highest BCUT2D eigenvalue weighted by Crippen LogP contribution is 2.64. The van der Waals surface area contributed by atoms with E-state index in [2.05, 4.69) is 32.9 Å². The van der Waals surface area contributed by atoms with Crippen LogP contribution in [0.2, 0.25) is 0 Å². The first-order valence-electron chi connectivity index (χ1n) is 7.21. The van der Waals surface area contributed by atoms with Crippen LogP contribution >= 0.6 is 0 Å². The third-order valence-corrected chi connectivity index (χ3v) is 6.15. The van der Waals surface area contributed by atoms with Crippen molar-refractivity contribution in [1.82, 2.24) is 0 Å². The topological polar surface area (TPSA) is 20.2 Å². The maximum atomic E-state index is 10.3. The lowest BCUT2D eigenvalue weighted by Gasteiger charge is -2.40. The molecule has 4 atom stereocenters. The number of hydrogen-bond acceptors (Lipinski definition) is 1. The summed E-state index contributed by atoms with van der Waals surface area (Å²) in [7, 11) is 0. The van der Waals surface area contributed by atoms with Crippen LogP contribution in [0.15, 0.2) is 18.2 Å². The summed E-state index contributed by atoms with van der Waals surface area (Å²) in [5, 5.41) is 10.3. The summed E-state index contributed by atoms with van der Waals surface area (Å²) < 4.78 is 0. The Hall–Kier alpha value is -0.980. The molecule has 0 spiro atoms. The van der Waals surface area contributed by atoms with Gasteiger partial charge in [0, 0.05) is 0 Å². The molecule has 18 heavy (non-hydrogen) atoms. The molecular weight excluding hydrogens is 220 g/mol. The van der Waals surface area contributed by atoms with Gasteiger partial charge in [-0.25, -0.2) is 0 Å². The van der Waals surface area contributed by atoms with Gasteiger partial charge >= 0.3 is 0 Å². The quantitative estimate of drug-likeness (QED) is 0.772. The van der Waals surface area contributed by atoms with E-state index in [1.807, 2.05) is 13.0 Å². The summed E-state index contributed by atoms with van der Waals surface area (Å²) in [6.45, 7) is 9.26. The van der Waals surface area contributed by atoms with Crippen LogP contribution in [0.4, 0.5) is 0 Å². The molecule has 0 aliphatic heterocycles. The number of benzene rings is 1. The van der Waals surface area contributed by atoms with Crippen molar-refractivity contribution >= 4 is 0 Å². The molecule has 0 radical (unpaired) electrons. The van der Waals surface area contributed by atoms with Crippen LogP contribution in [0.1, 0.15) is 50.7 Å². The number of para-hydroxylation sites is 1. The summed E-state index contributed by atoms with van der Waals surface area (Å²) in [5.41, 5.74) is 2.70. The first kappa shape index (κ1) is 12.1. The van der Waals surface area contributed by atoms with Gasteiger partial charge in [-0.05, 0) is 60.0 Å². The number of aromatic hydroxyl groups is 1. The van der Waals surface area contributed by atoms with Gasteiger partial charge in [0.15, 0.2) is 0 Å². The van der Waals surface area contributed by atoms with E-state index in [-0.39, 0.29) is 0 Å². The maximum absolute atomic E-state index is 10.3. The first-order valence-corrected chi connectivity index (χ1v) is 7.21. The van der Waals surface area contributed by atoms with Gasteiger partial charge in [-0.3, -0.25) is 0 Å². The minimum absolute atomic E-state index is 0.487. The molecule has 2 bridgehead atoms. The fourth-order valence-corrected chi connectivity index (χ4v) is 4.49. The lowest BCUT2D eigenvalue weighted by molar-refractivity contribution is 0.121. The van der Waals surface area contributed by atoms with Crippen LogP contribution in [-0.4, -0.2) is 5.11 Å². The van der Waals surface area contributed by atoms with E-state index in [0.29, 0.717) is 17.1 Å². The van der Waals surface area contributed by atoms with E-state index < -0.39 is 0 Å². The van der Waals surface area contributed by atoms with Crippen molar-refractivity contribution in [2.24, 2.45) is 23.2 Å². The predicted octanol–water partition coefficient (Wildman–Crippen LogP) is 4.49. The zero-order valence-electron chi connectivity index (χ0n) is 11.9. The van der Waals surface area contributed by atoms with Crippen LogP contribution in [0.3, 0.4) is 0 Å². The lowest BCUT2D eigenvalue weighted by Crippen LogP contribution is -2.32. The Morgan fingerprint density at radius 2 is 1.94 bits per heavy atom. The van der Waals surface area contributed by atoms with E-state index in [0.717, 1.165) is 23.3 Å². The molecule has 0 heterocycles. The smallest absolute Gasteiger partial charge is 0.121 e. The van der Waals surface area contributed by atoms with Crippen molar-refractivity contribution in [1.29, 1.82) is 0 Å². The summed E-state index contributed by atoms with van der Waals surface area (Å²) in [4.78, 5) is 0. The van der Waals surface area contributed by atoms with Crippen LogP contribution in [-0.2, 0) is 0 Å². The second-order valence-corrected chi connectivity index (χ2v) is 7.06. The van der Waals surface area contributed by atoms with Crippen molar-refractivity contribution < 1.29 is 5.11 Å². The Labute approximate surface area is 110 Å². The van der Waals surface area contributed by atoms with Gasteiger partial charge < -0.3 is 5.11 Å². The third-order valence-electron chi connectivity index (χ3n) is 6.15. The number of phenols is 1. The SMILES string of the molecule is Cc1cccc([C@H]2C[C@H]3C[C@H]2[C@@H](C)C3(C)C)c1O. The highest BCUT2D eigenvalue weighted by atomic mass is 16.3. The van der Waals surface area contributed by atoms with Gasteiger partial charge in [0.1, 0.15) is 5.75 Å². The van der Waals surface area contributed by atoms with Crippen molar-refractivity contribution in [3.05, 3.63) is 29.3 Å². The maximum Gasteiger partial charge on any atom is 0.121 e. The van der Waals surface area contributed by atoms with Gasteiger partial charge in [0.25, 0.3) is 0 Å². The molecule has 0 unspecified atom stereocenters. The second-order valence-electron chi connectivity index (χ2n) is 7.06. The van der Waals surface area contributed by atoms with Crippen LogP contribution < -0.4 is 0 Å². The molecule has 1 aromatic rings. The lowest BCUT2D eigenvalue weighted by atomic mass is 9.65. The molecule has 0 saturated heterocycles. The highest BCUT2D eigenvalue weighted by molar-refractivity contribution is 5.43. The van der Waals surface area contributed by atoms with E-state index in [1.165, 1.54) is 18.4 Å². The fourth-order valence-electron chi connectivity index (χ4n) is 4.49. The van der Waals surface area contributed by atoms with Crippen LogP contribution in [0, 0.1) is 30.1 Å². The first-order chi connectivity index (χ1) is 8.43. The van der Waals surface area contributed by atoms with Gasteiger partial charge in [0.05, 0.1) is 0 Å². The average molecular weight is 244 g/mol. The molecule has 1 heteroatoms. The molecular formula is C17H24O.